The van der Waals surface area contributed by atoms with Gasteiger partial charge in [0.25, 0.3) is 0 Å². The molecule has 0 spiro atoms. The summed E-state index contributed by atoms with van der Waals surface area (Å²) in [6.07, 6.45) is 0.892. The summed E-state index contributed by atoms with van der Waals surface area (Å²) in [5, 5.41) is 7.05. The van der Waals surface area contributed by atoms with E-state index in [1.54, 1.807) is 0 Å². The third kappa shape index (κ3) is 5.39. The summed E-state index contributed by atoms with van der Waals surface area (Å²) < 4.78 is 11.6. The molecule has 4 aromatic heterocycles. The van der Waals surface area contributed by atoms with E-state index in [-0.39, 0.29) is 0 Å². The fraction of sp³-hybridized carbons (Fsp3) is 0.0172. The molecule has 6 heteroatoms. The lowest BCUT2D eigenvalue weighted by atomic mass is 9.99. The average molecular weight is 835 g/mol. The molecule has 1 aliphatic carbocycles. The maximum absolute atomic E-state index is 6.59. The van der Waals surface area contributed by atoms with Crippen LogP contribution >= 0.6 is 11.3 Å². The van der Waals surface area contributed by atoms with E-state index in [9.17, 15) is 0 Å². The number of hydrogen-bond acceptors (Lipinski definition) is 5. The van der Waals surface area contributed by atoms with E-state index in [1.165, 1.54) is 64.2 Å². The van der Waals surface area contributed by atoms with E-state index >= 15 is 0 Å². The van der Waals surface area contributed by atoms with Gasteiger partial charge in [-0.2, -0.15) is 0 Å². The van der Waals surface area contributed by atoms with Gasteiger partial charge in [0.05, 0.1) is 11.0 Å². The van der Waals surface area contributed by atoms with Gasteiger partial charge < -0.3 is 8.98 Å². The summed E-state index contributed by atoms with van der Waals surface area (Å²) in [5.41, 5.74) is 15.4. The minimum atomic E-state index is 0.606. The molecule has 9 aromatic carbocycles. The first-order valence-electron chi connectivity index (χ1n) is 21.6. The Balaban J connectivity index is 0.940. The van der Waals surface area contributed by atoms with Gasteiger partial charge in [0.2, 0.25) is 0 Å². The summed E-state index contributed by atoms with van der Waals surface area (Å²) in [6, 6.07) is 69.3. The Kier molecular flexibility index (Phi) is 7.55. The Hall–Kier alpha value is -8.19. The first-order chi connectivity index (χ1) is 31.7. The minimum absolute atomic E-state index is 0.606. The molecule has 4 heterocycles. The number of para-hydroxylation sites is 1. The van der Waals surface area contributed by atoms with Crippen molar-refractivity contribution in [2.45, 2.75) is 6.42 Å². The quantitative estimate of drug-likeness (QED) is 0.173. The number of rotatable bonds is 5. The van der Waals surface area contributed by atoms with Crippen molar-refractivity contribution < 1.29 is 4.42 Å². The second-order valence-electron chi connectivity index (χ2n) is 16.7. The van der Waals surface area contributed by atoms with Crippen molar-refractivity contribution >= 4 is 75.3 Å². The molecule has 298 valence electrons. The molecule has 14 rings (SSSR count). The lowest BCUT2D eigenvalue weighted by Crippen LogP contribution is -2.00. The number of furan rings is 1. The second kappa shape index (κ2) is 13.7. The van der Waals surface area contributed by atoms with Gasteiger partial charge in [0.1, 0.15) is 11.2 Å². The van der Waals surface area contributed by atoms with Crippen molar-refractivity contribution in [3.63, 3.8) is 0 Å². The van der Waals surface area contributed by atoms with Crippen LogP contribution in [-0.2, 0) is 6.42 Å². The monoisotopic (exact) mass is 834 g/mol. The summed E-state index contributed by atoms with van der Waals surface area (Å²) >= 11 is 1.86. The molecule has 0 saturated heterocycles. The van der Waals surface area contributed by atoms with E-state index < -0.39 is 0 Å². The molecule has 0 amide bonds. The maximum Gasteiger partial charge on any atom is 0.164 e. The molecule has 0 N–H and O–H groups in total. The van der Waals surface area contributed by atoms with E-state index in [4.69, 9.17) is 19.4 Å². The van der Waals surface area contributed by atoms with E-state index in [0.29, 0.717) is 17.5 Å². The summed E-state index contributed by atoms with van der Waals surface area (Å²) in [7, 11) is 0. The molecule has 0 radical (unpaired) electrons. The zero-order valence-corrected chi connectivity index (χ0v) is 35.1. The topological polar surface area (TPSA) is 56.7 Å². The molecular formula is C58H34N4OS. The van der Waals surface area contributed by atoms with E-state index in [2.05, 4.69) is 168 Å². The van der Waals surface area contributed by atoms with Crippen molar-refractivity contribution in [2.75, 3.05) is 0 Å². The summed E-state index contributed by atoms with van der Waals surface area (Å²) in [5.74, 6) is 1.88. The molecule has 1 aliphatic rings. The number of benzene rings is 9. The van der Waals surface area contributed by atoms with E-state index in [0.717, 1.165) is 61.9 Å². The highest BCUT2D eigenvalue weighted by atomic mass is 32.1. The Bertz CT molecular complexity index is 4050. The normalized spacial score (nSPS) is 12.3. The second-order valence-corrected chi connectivity index (χ2v) is 17.8. The predicted octanol–water partition coefficient (Wildman–Crippen LogP) is 15.5. The van der Waals surface area contributed by atoms with Gasteiger partial charge in [0, 0.05) is 64.1 Å². The number of fused-ring (bicyclic) bond motifs is 12. The van der Waals surface area contributed by atoms with Gasteiger partial charge in [0.15, 0.2) is 17.5 Å². The first kappa shape index (κ1) is 35.4. The van der Waals surface area contributed by atoms with Gasteiger partial charge in [-0.1, -0.05) is 127 Å². The zero-order valence-electron chi connectivity index (χ0n) is 34.3. The number of aromatic nitrogens is 4. The standard InChI is InChI=1S/C58H34N4OS/c1-3-12-34(13-4-1)56-59-57(38-22-25-42-39(29-38)28-37-14-7-8-17-41(37)42)61-58(60-56)44-19-11-20-52-55(44)48-31-36(24-27-51(48)63-52)35-23-26-49-45(30-35)46-33-54-47(43-18-9-10-21-53(43)64-54)32-50(46)62(49)40-15-5-2-6-16-40/h1-27,29-33H,28H2. The number of hydrogen-bond donors (Lipinski definition) is 0. The molecule has 0 fully saturated rings. The van der Waals surface area contributed by atoms with Gasteiger partial charge >= 0.3 is 0 Å². The molecule has 0 bridgehead atoms. The van der Waals surface area contributed by atoms with Crippen molar-refractivity contribution in [2.24, 2.45) is 0 Å². The molecule has 0 aliphatic heterocycles. The fourth-order valence-corrected chi connectivity index (χ4v) is 11.2. The smallest absolute Gasteiger partial charge is 0.164 e. The van der Waals surface area contributed by atoms with Crippen LogP contribution in [0.15, 0.2) is 199 Å². The van der Waals surface area contributed by atoms with Gasteiger partial charge in [-0.15, -0.1) is 11.3 Å². The Morgan fingerprint density at radius 3 is 1.97 bits per heavy atom. The molecule has 64 heavy (non-hydrogen) atoms. The zero-order chi connectivity index (χ0) is 41.9. The molecule has 13 aromatic rings. The number of thiophene rings is 1. The highest BCUT2D eigenvalue weighted by molar-refractivity contribution is 7.25. The van der Waals surface area contributed by atoms with Crippen LogP contribution in [0.4, 0.5) is 0 Å². The fourth-order valence-electron chi connectivity index (χ4n) is 10.1. The minimum Gasteiger partial charge on any atom is -0.456 e. The molecule has 0 atom stereocenters. The van der Waals surface area contributed by atoms with Crippen LogP contribution in [0.2, 0.25) is 0 Å². The van der Waals surface area contributed by atoms with Crippen LogP contribution in [0.5, 0.6) is 0 Å². The van der Waals surface area contributed by atoms with Crippen LogP contribution in [0.25, 0.3) is 126 Å². The highest BCUT2D eigenvalue weighted by Crippen LogP contribution is 2.44. The molecule has 0 saturated carbocycles. The Labute approximate surface area is 371 Å². The Morgan fingerprint density at radius 2 is 1.08 bits per heavy atom. The first-order valence-corrected chi connectivity index (χ1v) is 22.4. The van der Waals surface area contributed by atoms with Crippen LogP contribution in [0.3, 0.4) is 0 Å². The highest BCUT2D eigenvalue weighted by Gasteiger charge is 2.22. The van der Waals surface area contributed by atoms with Gasteiger partial charge in [-0.25, -0.2) is 15.0 Å². The third-order valence-electron chi connectivity index (χ3n) is 13.1. The number of nitrogens with zero attached hydrogens (tertiary/aromatic N) is 4. The molecule has 5 nitrogen and oxygen atoms in total. The lowest BCUT2D eigenvalue weighted by Gasteiger charge is -2.10. The summed E-state index contributed by atoms with van der Waals surface area (Å²) in [4.78, 5) is 15.5. The van der Waals surface area contributed by atoms with Crippen LogP contribution in [-0.4, -0.2) is 19.5 Å². The maximum atomic E-state index is 6.59. The van der Waals surface area contributed by atoms with Crippen LogP contribution in [0, 0.1) is 0 Å². The van der Waals surface area contributed by atoms with Crippen molar-refractivity contribution in [3.05, 3.63) is 205 Å². The SMILES string of the molecule is c1ccc(-c2nc(-c3ccc4c(c3)Cc3ccccc3-4)nc(-c3cccc4oc5ccc(-c6ccc7c(c6)c6cc8sc9ccccc9c8cc6n7-c6ccccc6)cc5c34)n2)cc1. The van der Waals surface area contributed by atoms with Crippen molar-refractivity contribution in [1.82, 2.24) is 19.5 Å². The largest absolute Gasteiger partial charge is 0.456 e. The van der Waals surface area contributed by atoms with Crippen molar-refractivity contribution in [1.29, 1.82) is 0 Å². The van der Waals surface area contributed by atoms with Crippen LogP contribution in [0.1, 0.15) is 11.1 Å². The van der Waals surface area contributed by atoms with Gasteiger partial charge in [-0.3, -0.25) is 0 Å². The van der Waals surface area contributed by atoms with Crippen molar-refractivity contribution in [3.8, 4) is 62.1 Å². The Morgan fingerprint density at radius 1 is 0.391 bits per heavy atom. The molecule has 0 unspecified atom stereocenters. The predicted molar refractivity (Wildman–Crippen MR) is 264 cm³/mol. The van der Waals surface area contributed by atoms with E-state index in [1.807, 2.05) is 41.7 Å². The average Bonchev–Trinajstić information content (AvgIpc) is 4.11. The third-order valence-corrected chi connectivity index (χ3v) is 14.2. The van der Waals surface area contributed by atoms with Crippen LogP contribution < -0.4 is 0 Å². The lowest BCUT2D eigenvalue weighted by molar-refractivity contribution is 0.669. The molecular weight excluding hydrogens is 801 g/mol. The van der Waals surface area contributed by atoms with Gasteiger partial charge in [-0.05, 0) is 107 Å². The summed E-state index contributed by atoms with van der Waals surface area (Å²) in [6.45, 7) is 0.